The average molecular weight is 239 g/mol. The molecule has 100 valence electrons. The summed E-state index contributed by atoms with van der Waals surface area (Å²) in [6.45, 7) is 14.2. The monoisotopic (exact) mass is 239 g/mol. The van der Waals surface area contributed by atoms with Gasteiger partial charge in [0.25, 0.3) is 0 Å². The number of hydrogen-bond acceptors (Lipinski definition) is 2. The first-order chi connectivity index (χ1) is 7.78. The molecule has 1 aliphatic rings. The van der Waals surface area contributed by atoms with Crippen molar-refractivity contribution < 1.29 is 4.79 Å². The molecule has 1 heterocycles. The quantitative estimate of drug-likeness (QED) is 0.748. The summed E-state index contributed by atoms with van der Waals surface area (Å²) in [5.41, 5.74) is 0.319. The van der Waals surface area contributed by atoms with E-state index in [-0.39, 0.29) is 12.0 Å². The smallest absolute Gasteiger partial charge is 0.152 e. The maximum atomic E-state index is 12.4. The zero-order chi connectivity index (χ0) is 13.2. The van der Waals surface area contributed by atoms with E-state index in [0.717, 1.165) is 19.4 Å². The van der Waals surface area contributed by atoms with Crippen LogP contribution in [0.1, 0.15) is 60.8 Å². The van der Waals surface area contributed by atoms with Crippen LogP contribution in [0.25, 0.3) is 0 Å². The minimum absolute atomic E-state index is 0.147. The Kier molecular flexibility index (Phi) is 4.77. The molecule has 0 radical (unpaired) electrons. The van der Waals surface area contributed by atoms with Crippen molar-refractivity contribution in [2.45, 2.75) is 72.9 Å². The lowest BCUT2D eigenvalue weighted by atomic mass is 9.76. The van der Waals surface area contributed by atoms with Gasteiger partial charge in [-0.05, 0) is 38.1 Å². The van der Waals surface area contributed by atoms with Crippen LogP contribution in [0.15, 0.2) is 0 Å². The van der Waals surface area contributed by atoms with Crippen LogP contribution < -0.4 is 0 Å². The number of ketones is 1. The topological polar surface area (TPSA) is 20.3 Å². The van der Waals surface area contributed by atoms with Crippen molar-refractivity contribution in [2.24, 2.45) is 11.3 Å². The molecule has 2 heteroatoms. The lowest BCUT2D eigenvalue weighted by Crippen LogP contribution is -2.53. The van der Waals surface area contributed by atoms with E-state index in [0.29, 0.717) is 17.2 Å². The van der Waals surface area contributed by atoms with E-state index in [1.165, 1.54) is 6.42 Å². The fourth-order valence-corrected chi connectivity index (χ4v) is 2.74. The van der Waals surface area contributed by atoms with Crippen molar-refractivity contribution in [2.75, 3.05) is 6.54 Å². The molecule has 1 saturated heterocycles. The largest absolute Gasteiger partial charge is 0.298 e. The van der Waals surface area contributed by atoms with Gasteiger partial charge in [-0.15, -0.1) is 0 Å². The Morgan fingerprint density at radius 2 is 1.94 bits per heavy atom. The standard InChI is InChI=1S/C15H29NO/c1-7-12(4)16-9-8-15(5,6)10-13(16)14(17)11(2)3/h11-13H,7-10H2,1-6H3. The second-order valence-corrected chi connectivity index (χ2v) is 6.69. The molecule has 0 aliphatic carbocycles. The van der Waals surface area contributed by atoms with E-state index in [1.54, 1.807) is 0 Å². The van der Waals surface area contributed by atoms with Crippen LogP contribution in [0, 0.1) is 11.3 Å². The number of likely N-dealkylation sites (tertiary alicyclic amines) is 1. The number of carbonyl (C=O) groups excluding carboxylic acids is 1. The first-order valence-electron chi connectivity index (χ1n) is 7.08. The van der Waals surface area contributed by atoms with Crippen molar-refractivity contribution in [1.29, 1.82) is 0 Å². The molecule has 0 aromatic rings. The Bertz CT molecular complexity index is 270. The number of nitrogens with zero attached hydrogens (tertiary/aromatic N) is 1. The molecule has 2 atom stereocenters. The van der Waals surface area contributed by atoms with Gasteiger partial charge >= 0.3 is 0 Å². The van der Waals surface area contributed by atoms with E-state index < -0.39 is 0 Å². The highest BCUT2D eigenvalue weighted by Gasteiger charge is 2.39. The van der Waals surface area contributed by atoms with Crippen LogP contribution in [0.2, 0.25) is 0 Å². The summed E-state index contributed by atoms with van der Waals surface area (Å²) in [6, 6.07) is 0.674. The summed E-state index contributed by atoms with van der Waals surface area (Å²) < 4.78 is 0. The molecule has 0 bridgehead atoms. The third kappa shape index (κ3) is 3.54. The maximum absolute atomic E-state index is 12.4. The highest BCUT2D eigenvalue weighted by Crippen LogP contribution is 2.36. The highest BCUT2D eigenvalue weighted by atomic mass is 16.1. The second-order valence-electron chi connectivity index (χ2n) is 6.69. The van der Waals surface area contributed by atoms with Crippen molar-refractivity contribution >= 4 is 5.78 Å². The third-order valence-corrected chi connectivity index (χ3v) is 4.25. The summed E-state index contributed by atoms with van der Waals surface area (Å²) in [5, 5.41) is 0. The molecule has 17 heavy (non-hydrogen) atoms. The summed E-state index contributed by atoms with van der Waals surface area (Å²) in [6.07, 6.45) is 3.36. The first kappa shape index (κ1) is 14.7. The summed E-state index contributed by atoms with van der Waals surface area (Å²) in [4.78, 5) is 14.8. The van der Waals surface area contributed by atoms with Gasteiger partial charge in [-0.3, -0.25) is 9.69 Å². The average Bonchev–Trinajstić information content (AvgIpc) is 2.25. The summed E-state index contributed by atoms with van der Waals surface area (Å²) >= 11 is 0. The zero-order valence-electron chi connectivity index (χ0n) is 12.4. The molecule has 1 fully saturated rings. The van der Waals surface area contributed by atoms with E-state index in [2.05, 4.69) is 32.6 Å². The van der Waals surface area contributed by atoms with Crippen LogP contribution in [-0.2, 0) is 4.79 Å². The molecule has 1 aliphatic heterocycles. The number of piperidine rings is 1. The van der Waals surface area contributed by atoms with Crippen molar-refractivity contribution in [1.82, 2.24) is 4.90 Å². The SMILES string of the molecule is CCC(C)N1CCC(C)(C)CC1C(=O)C(C)C. The van der Waals surface area contributed by atoms with Gasteiger partial charge in [0, 0.05) is 12.0 Å². The van der Waals surface area contributed by atoms with Crippen molar-refractivity contribution in [3.8, 4) is 0 Å². The van der Waals surface area contributed by atoms with Crippen LogP contribution in [0.5, 0.6) is 0 Å². The molecule has 2 unspecified atom stereocenters. The molecule has 0 spiro atoms. The van der Waals surface area contributed by atoms with Gasteiger partial charge in [0.05, 0.1) is 6.04 Å². The van der Waals surface area contributed by atoms with Crippen LogP contribution in [0.3, 0.4) is 0 Å². The van der Waals surface area contributed by atoms with Gasteiger partial charge in [-0.25, -0.2) is 0 Å². The molecule has 2 nitrogen and oxygen atoms in total. The third-order valence-electron chi connectivity index (χ3n) is 4.25. The highest BCUT2D eigenvalue weighted by molar-refractivity contribution is 5.85. The fourth-order valence-electron chi connectivity index (χ4n) is 2.74. The number of carbonyl (C=O) groups is 1. The second kappa shape index (κ2) is 5.51. The lowest BCUT2D eigenvalue weighted by molar-refractivity contribution is -0.131. The van der Waals surface area contributed by atoms with Crippen molar-refractivity contribution in [3.63, 3.8) is 0 Å². The van der Waals surface area contributed by atoms with Gasteiger partial charge in [0.15, 0.2) is 5.78 Å². The van der Waals surface area contributed by atoms with E-state index in [4.69, 9.17) is 0 Å². The first-order valence-corrected chi connectivity index (χ1v) is 7.08. The van der Waals surface area contributed by atoms with Gasteiger partial charge in [-0.2, -0.15) is 0 Å². The molecule has 0 N–H and O–H groups in total. The van der Waals surface area contributed by atoms with Gasteiger partial charge in [0.1, 0.15) is 0 Å². The molecule has 1 rings (SSSR count). The van der Waals surface area contributed by atoms with Gasteiger partial charge in [0.2, 0.25) is 0 Å². The Hall–Kier alpha value is -0.370. The molecular formula is C15H29NO. The molecule has 0 amide bonds. The van der Waals surface area contributed by atoms with Gasteiger partial charge < -0.3 is 0 Å². The van der Waals surface area contributed by atoms with E-state index in [1.807, 2.05) is 13.8 Å². The van der Waals surface area contributed by atoms with Crippen molar-refractivity contribution in [3.05, 3.63) is 0 Å². The maximum Gasteiger partial charge on any atom is 0.152 e. The predicted octanol–water partition coefficient (Wildman–Crippen LogP) is 3.50. The fraction of sp³-hybridized carbons (Fsp3) is 0.933. The van der Waals surface area contributed by atoms with E-state index >= 15 is 0 Å². The lowest BCUT2D eigenvalue weighted by Gasteiger charge is -2.45. The van der Waals surface area contributed by atoms with E-state index in [9.17, 15) is 4.79 Å². The van der Waals surface area contributed by atoms with Gasteiger partial charge in [-0.1, -0.05) is 34.6 Å². The van der Waals surface area contributed by atoms with Crippen LogP contribution >= 0.6 is 0 Å². The summed E-state index contributed by atoms with van der Waals surface area (Å²) in [7, 11) is 0. The minimum Gasteiger partial charge on any atom is -0.298 e. The Labute approximate surface area is 107 Å². The number of Topliss-reactive ketones (excluding diaryl/α,β-unsaturated/α-hetero) is 1. The molecule has 0 aromatic carbocycles. The predicted molar refractivity (Wildman–Crippen MR) is 73.1 cm³/mol. The number of rotatable bonds is 4. The number of hydrogen-bond donors (Lipinski definition) is 0. The Morgan fingerprint density at radius 1 is 1.35 bits per heavy atom. The zero-order valence-corrected chi connectivity index (χ0v) is 12.4. The Balaban J connectivity index is 2.86. The molecule has 0 saturated carbocycles. The summed E-state index contributed by atoms with van der Waals surface area (Å²) in [5.74, 6) is 0.582. The van der Waals surface area contributed by atoms with Crippen LogP contribution in [-0.4, -0.2) is 29.3 Å². The Morgan fingerprint density at radius 3 is 2.41 bits per heavy atom. The molecule has 0 aromatic heterocycles. The molecular weight excluding hydrogens is 210 g/mol. The minimum atomic E-state index is 0.147. The normalized spacial score (nSPS) is 27.1. The van der Waals surface area contributed by atoms with Crippen LogP contribution in [0.4, 0.5) is 0 Å².